The van der Waals surface area contributed by atoms with Gasteiger partial charge in [-0.25, -0.2) is 4.98 Å². The van der Waals surface area contributed by atoms with Crippen molar-refractivity contribution in [3.63, 3.8) is 0 Å². The van der Waals surface area contributed by atoms with Crippen LogP contribution in [0.2, 0.25) is 5.02 Å². The smallest absolute Gasteiger partial charge is 0.220 e. The molecular formula is C21H17ClN2O2S. The number of benzene rings is 2. The molecule has 0 aliphatic carbocycles. The van der Waals surface area contributed by atoms with E-state index in [1.165, 1.54) is 0 Å². The molecule has 4 nitrogen and oxygen atoms in total. The van der Waals surface area contributed by atoms with Gasteiger partial charge in [-0.05, 0) is 48.5 Å². The fourth-order valence-electron chi connectivity index (χ4n) is 2.76. The molecule has 2 aromatic carbocycles. The van der Waals surface area contributed by atoms with Crippen molar-refractivity contribution < 1.29 is 9.21 Å². The number of carbonyl (C=O) groups is 1. The Morgan fingerprint density at radius 3 is 2.70 bits per heavy atom. The first-order valence-corrected chi connectivity index (χ1v) is 9.82. The molecule has 0 unspecified atom stereocenters. The predicted octanol–water partition coefficient (Wildman–Crippen LogP) is 5.46. The van der Waals surface area contributed by atoms with Gasteiger partial charge in [0.1, 0.15) is 11.5 Å². The van der Waals surface area contributed by atoms with Gasteiger partial charge >= 0.3 is 0 Å². The number of amides is 1. The fraction of sp³-hybridized carbons (Fsp3) is 0.143. The molecule has 0 saturated carbocycles. The second kappa shape index (κ2) is 7.94. The average Bonchev–Trinajstić information content (AvgIpc) is 3.32. The Morgan fingerprint density at radius 2 is 1.89 bits per heavy atom. The highest BCUT2D eigenvalue weighted by molar-refractivity contribution is 7.18. The van der Waals surface area contributed by atoms with Gasteiger partial charge in [-0.1, -0.05) is 23.7 Å². The topological polar surface area (TPSA) is 55.1 Å². The SMILES string of the molecule is O=C(CCc1nc2ccccc2s1)NCc1ccc(-c2ccc(Cl)cc2)o1. The summed E-state index contributed by atoms with van der Waals surface area (Å²) in [5.41, 5.74) is 1.94. The van der Waals surface area contributed by atoms with Gasteiger partial charge in [-0.3, -0.25) is 4.79 Å². The Hall–Kier alpha value is -2.63. The van der Waals surface area contributed by atoms with Crippen molar-refractivity contribution in [2.75, 3.05) is 0 Å². The molecule has 0 radical (unpaired) electrons. The summed E-state index contributed by atoms with van der Waals surface area (Å²) in [6.07, 6.45) is 1.05. The van der Waals surface area contributed by atoms with Gasteiger partial charge in [0, 0.05) is 23.4 Å². The van der Waals surface area contributed by atoms with E-state index in [1.54, 1.807) is 11.3 Å². The van der Waals surface area contributed by atoms with Crippen LogP contribution in [0.4, 0.5) is 0 Å². The Labute approximate surface area is 165 Å². The van der Waals surface area contributed by atoms with Gasteiger partial charge in [0.15, 0.2) is 0 Å². The number of rotatable bonds is 6. The lowest BCUT2D eigenvalue weighted by atomic mass is 10.2. The van der Waals surface area contributed by atoms with Crippen LogP contribution in [0, 0.1) is 0 Å². The first-order chi connectivity index (χ1) is 13.2. The number of nitrogens with one attached hydrogen (secondary N) is 1. The molecule has 2 aromatic heterocycles. The second-order valence-corrected chi connectivity index (χ2v) is 7.68. The van der Waals surface area contributed by atoms with Crippen LogP contribution in [0.25, 0.3) is 21.5 Å². The number of nitrogens with zero attached hydrogens (tertiary/aromatic N) is 1. The lowest BCUT2D eigenvalue weighted by Crippen LogP contribution is -2.22. The van der Waals surface area contributed by atoms with E-state index in [4.69, 9.17) is 16.0 Å². The number of thiazole rings is 1. The summed E-state index contributed by atoms with van der Waals surface area (Å²) in [6.45, 7) is 0.367. The zero-order chi connectivity index (χ0) is 18.6. The third-order valence-corrected chi connectivity index (χ3v) is 5.50. The third kappa shape index (κ3) is 4.38. The minimum absolute atomic E-state index is 0.0151. The summed E-state index contributed by atoms with van der Waals surface area (Å²) in [5.74, 6) is 1.46. The van der Waals surface area contributed by atoms with E-state index in [0.717, 1.165) is 26.5 Å². The van der Waals surface area contributed by atoms with Crippen LogP contribution in [-0.4, -0.2) is 10.9 Å². The largest absolute Gasteiger partial charge is 0.459 e. The van der Waals surface area contributed by atoms with Gasteiger partial charge in [-0.2, -0.15) is 0 Å². The van der Waals surface area contributed by atoms with Crippen molar-refractivity contribution in [1.82, 2.24) is 10.3 Å². The van der Waals surface area contributed by atoms with Gasteiger partial charge in [0.05, 0.1) is 21.8 Å². The van der Waals surface area contributed by atoms with Crippen molar-refractivity contribution in [2.45, 2.75) is 19.4 Å². The van der Waals surface area contributed by atoms with Crippen LogP contribution in [-0.2, 0) is 17.8 Å². The number of aromatic nitrogens is 1. The molecule has 0 spiro atoms. The van der Waals surface area contributed by atoms with Crippen molar-refractivity contribution in [2.24, 2.45) is 0 Å². The van der Waals surface area contributed by atoms with E-state index >= 15 is 0 Å². The quantitative estimate of drug-likeness (QED) is 0.471. The first kappa shape index (κ1) is 17.8. The number of hydrogen-bond acceptors (Lipinski definition) is 4. The summed E-state index contributed by atoms with van der Waals surface area (Å²) in [6, 6.07) is 19.2. The number of halogens is 1. The lowest BCUT2D eigenvalue weighted by molar-refractivity contribution is -0.121. The minimum atomic E-state index is -0.0151. The zero-order valence-electron chi connectivity index (χ0n) is 14.4. The fourth-order valence-corrected chi connectivity index (χ4v) is 3.86. The van der Waals surface area contributed by atoms with Crippen LogP contribution >= 0.6 is 22.9 Å². The maximum absolute atomic E-state index is 12.1. The van der Waals surface area contributed by atoms with E-state index in [0.29, 0.717) is 30.2 Å². The number of fused-ring (bicyclic) bond motifs is 1. The molecule has 27 heavy (non-hydrogen) atoms. The monoisotopic (exact) mass is 396 g/mol. The molecule has 136 valence electrons. The summed E-state index contributed by atoms with van der Waals surface area (Å²) >= 11 is 7.54. The number of aryl methyl sites for hydroxylation is 1. The number of hydrogen-bond donors (Lipinski definition) is 1. The van der Waals surface area contributed by atoms with E-state index in [9.17, 15) is 4.79 Å². The molecule has 0 atom stereocenters. The average molecular weight is 397 g/mol. The number of carbonyl (C=O) groups excluding carboxylic acids is 1. The van der Waals surface area contributed by atoms with Crippen molar-refractivity contribution in [3.05, 3.63) is 76.5 Å². The van der Waals surface area contributed by atoms with E-state index in [2.05, 4.69) is 10.3 Å². The third-order valence-electron chi connectivity index (χ3n) is 4.15. The summed E-state index contributed by atoms with van der Waals surface area (Å²) in [7, 11) is 0. The molecule has 2 heterocycles. The lowest BCUT2D eigenvalue weighted by Gasteiger charge is -2.02. The summed E-state index contributed by atoms with van der Waals surface area (Å²) in [5, 5.41) is 4.57. The highest BCUT2D eigenvalue weighted by Gasteiger charge is 2.09. The van der Waals surface area contributed by atoms with Gasteiger partial charge < -0.3 is 9.73 Å². The van der Waals surface area contributed by atoms with E-state index in [1.807, 2.05) is 60.7 Å². The summed E-state index contributed by atoms with van der Waals surface area (Å²) < 4.78 is 6.95. The number of para-hydroxylation sites is 1. The Kier molecular flexibility index (Phi) is 5.23. The van der Waals surface area contributed by atoms with Crippen LogP contribution in [0.3, 0.4) is 0 Å². The molecule has 6 heteroatoms. The minimum Gasteiger partial charge on any atom is -0.459 e. The van der Waals surface area contributed by atoms with Gasteiger partial charge in [0.2, 0.25) is 5.91 Å². The second-order valence-electron chi connectivity index (χ2n) is 6.12. The normalized spacial score (nSPS) is 11.0. The molecule has 4 rings (SSSR count). The maximum Gasteiger partial charge on any atom is 0.220 e. The van der Waals surface area contributed by atoms with Gasteiger partial charge in [-0.15, -0.1) is 11.3 Å². The molecule has 1 amide bonds. The molecule has 0 saturated heterocycles. The summed E-state index contributed by atoms with van der Waals surface area (Å²) in [4.78, 5) is 16.7. The van der Waals surface area contributed by atoms with Crippen LogP contribution in [0.1, 0.15) is 17.2 Å². The van der Waals surface area contributed by atoms with Crippen molar-refractivity contribution in [3.8, 4) is 11.3 Å². The molecule has 0 bridgehead atoms. The first-order valence-electron chi connectivity index (χ1n) is 8.63. The van der Waals surface area contributed by atoms with Crippen molar-refractivity contribution in [1.29, 1.82) is 0 Å². The highest BCUT2D eigenvalue weighted by atomic mass is 35.5. The molecule has 0 aliphatic heterocycles. The van der Waals surface area contributed by atoms with E-state index < -0.39 is 0 Å². The standard InChI is InChI=1S/C21H17ClN2O2S/c22-15-7-5-14(6-8-15)18-10-9-16(26-18)13-23-20(25)11-12-21-24-17-3-1-2-4-19(17)27-21/h1-10H,11-13H2,(H,23,25). The number of furan rings is 1. The molecule has 0 aliphatic rings. The Morgan fingerprint density at radius 1 is 1.07 bits per heavy atom. The van der Waals surface area contributed by atoms with Crippen LogP contribution in [0.15, 0.2) is 65.1 Å². The zero-order valence-corrected chi connectivity index (χ0v) is 16.0. The van der Waals surface area contributed by atoms with E-state index in [-0.39, 0.29) is 5.91 Å². The molecule has 4 aromatic rings. The Bertz CT molecular complexity index is 1040. The maximum atomic E-state index is 12.1. The van der Waals surface area contributed by atoms with Gasteiger partial charge in [0.25, 0.3) is 0 Å². The van der Waals surface area contributed by atoms with Crippen LogP contribution < -0.4 is 5.32 Å². The van der Waals surface area contributed by atoms with Crippen molar-refractivity contribution >= 4 is 39.1 Å². The van der Waals surface area contributed by atoms with Crippen LogP contribution in [0.5, 0.6) is 0 Å². The molecular weight excluding hydrogens is 380 g/mol. The Balaban J connectivity index is 1.29. The predicted molar refractivity (Wildman–Crippen MR) is 109 cm³/mol. The molecule has 0 fully saturated rings. The highest BCUT2D eigenvalue weighted by Crippen LogP contribution is 2.24. The molecule has 1 N–H and O–H groups in total.